The summed E-state index contributed by atoms with van der Waals surface area (Å²) in [6, 6.07) is 8.24. The Morgan fingerprint density at radius 2 is 2.11 bits per heavy atom. The Kier molecular flexibility index (Phi) is 7.33. The minimum atomic E-state index is -0.498. The van der Waals surface area contributed by atoms with Crippen LogP contribution < -0.4 is 4.74 Å². The lowest BCUT2D eigenvalue weighted by molar-refractivity contribution is 0.0820. The smallest absolute Gasteiger partial charge is 0.253 e. The summed E-state index contributed by atoms with van der Waals surface area (Å²) in [6.07, 6.45) is 8.81. The summed E-state index contributed by atoms with van der Waals surface area (Å²) in [7, 11) is 3.26. The van der Waals surface area contributed by atoms with E-state index in [1.165, 1.54) is 23.4 Å². The lowest BCUT2D eigenvalue weighted by Gasteiger charge is -2.34. The van der Waals surface area contributed by atoms with Gasteiger partial charge in [-0.3, -0.25) is 9.48 Å². The number of nitrogens with one attached hydrogen (secondary N) is 1. The number of aromatic nitrogens is 5. The number of benzene rings is 1. The summed E-state index contributed by atoms with van der Waals surface area (Å²) in [5.41, 5.74) is 2.69. The largest absolute Gasteiger partial charge is 0.490 e. The van der Waals surface area contributed by atoms with Gasteiger partial charge in [0.1, 0.15) is 29.6 Å². The topological polar surface area (TPSA) is 116 Å². The van der Waals surface area contributed by atoms with Gasteiger partial charge in [-0.05, 0) is 31.0 Å². The summed E-state index contributed by atoms with van der Waals surface area (Å²) < 4.78 is 22.0. The molecule has 0 bridgehead atoms. The lowest BCUT2D eigenvalue weighted by Crippen LogP contribution is -2.41. The van der Waals surface area contributed by atoms with Crippen molar-refractivity contribution in [2.45, 2.75) is 31.4 Å². The van der Waals surface area contributed by atoms with E-state index in [9.17, 15) is 14.4 Å². The highest BCUT2D eigenvalue weighted by Crippen LogP contribution is 2.27. The number of nitrogens with zero attached hydrogens (tertiary/aromatic N) is 7. The van der Waals surface area contributed by atoms with E-state index in [0.717, 1.165) is 48.2 Å². The van der Waals surface area contributed by atoms with Gasteiger partial charge >= 0.3 is 0 Å². The van der Waals surface area contributed by atoms with E-state index < -0.39 is 5.82 Å². The molecule has 11 heteroatoms. The molecular weight excluding hydrogens is 487 g/mol. The van der Waals surface area contributed by atoms with Crippen LogP contribution >= 0.6 is 0 Å². The predicted octanol–water partition coefficient (Wildman–Crippen LogP) is 3.66. The molecule has 1 N–H and O–H groups in total. The molecule has 1 unspecified atom stereocenters. The van der Waals surface area contributed by atoms with Crippen molar-refractivity contribution < 1.29 is 13.9 Å². The Bertz CT molecular complexity index is 1470. The molecule has 1 fully saturated rings. The van der Waals surface area contributed by atoms with E-state index >= 15 is 0 Å². The fourth-order valence-corrected chi connectivity index (χ4v) is 4.82. The van der Waals surface area contributed by atoms with Gasteiger partial charge in [0.05, 0.1) is 30.4 Å². The van der Waals surface area contributed by atoms with Crippen LogP contribution in [0.1, 0.15) is 35.7 Å². The quantitative estimate of drug-likeness (QED) is 0.380. The van der Waals surface area contributed by atoms with Gasteiger partial charge in [-0.15, -0.1) is 0 Å². The maximum Gasteiger partial charge on any atom is 0.253 e. The SMILES string of the molecule is CN(C)C(=O)c1cc(F)cc(OC2CCN(CC(CC#N)n3cc(-c4ncnc5[nH]ccc45)cn3)CC2)c1. The molecule has 1 atom stereocenters. The molecule has 4 heterocycles. The Morgan fingerprint density at radius 3 is 2.87 bits per heavy atom. The first kappa shape index (κ1) is 25.4. The van der Waals surface area contributed by atoms with Crippen molar-refractivity contribution in [2.75, 3.05) is 33.7 Å². The first-order valence-corrected chi connectivity index (χ1v) is 12.5. The van der Waals surface area contributed by atoms with Gasteiger partial charge in [0.2, 0.25) is 0 Å². The number of rotatable bonds is 8. The summed E-state index contributed by atoms with van der Waals surface area (Å²) in [6.45, 7) is 2.22. The summed E-state index contributed by atoms with van der Waals surface area (Å²) >= 11 is 0. The number of hydrogen-bond acceptors (Lipinski definition) is 7. The minimum absolute atomic E-state index is 0.0809. The Labute approximate surface area is 219 Å². The fourth-order valence-electron chi connectivity index (χ4n) is 4.82. The Balaban J connectivity index is 1.21. The molecule has 0 saturated carbocycles. The van der Waals surface area contributed by atoms with E-state index in [2.05, 4.69) is 31.0 Å². The molecule has 38 heavy (non-hydrogen) atoms. The summed E-state index contributed by atoms with van der Waals surface area (Å²) in [5.74, 6) is -0.407. The third kappa shape index (κ3) is 5.50. The number of carbonyl (C=O) groups excluding carboxylic acids is 1. The number of carbonyl (C=O) groups is 1. The fraction of sp³-hybridized carbons (Fsp3) is 0.370. The van der Waals surface area contributed by atoms with Gasteiger partial charge < -0.3 is 19.5 Å². The van der Waals surface area contributed by atoms with Gasteiger partial charge in [0, 0.05) is 68.7 Å². The van der Waals surface area contributed by atoms with Crippen LogP contribution in [0.15, 0.2) is 49.2 Å². The minimum Gasteiger partial charge on any atom is -0.490 e. The molecule has 1 aromatic carbocycles. The second kappa shape index (κ2) is 11.0. The van der Waals surface area contributed by atoms with Crippen molar-refractivity contribution in [3.8, 4) is 23.1 Å². The summed E-state index contributed by atoms with van der Waals surface area (Å²) in [5, 5.41) is 15.0. The zero-order valence-electron chi connectivity index (χ0n) is 21.3. The number of hydrogen-bond donors (Lipinski definition) is 1. The number of halogens is 1. The molecule has 1 amide bonds. The van der Waals surface area contributed by atoms with Crippen LogP contribution in [-0.4, -0.2) is 80.3 Å². The lowest BCUT2D eigenvalue weighted by atomic mass is 10.1. The van der Waals surface area contributed by atoms with Gasteiger partial charge in [0.15, 0.2) is 0 Å². The van der Waals surface area contributed by atoms with Crippen molar-refractivity contribution in [3.63, 3.8) is 0 Å². The number of piperidine rings is 1. The van der Waals surface area contributed by atoms with Gasteiger partial charge in [-0.2, -0.15) is 10.4 Å². The average Bonchev–Trinajstić information content (AvgIpc) is 3.59. The van der Waals surface area contributed by atoms with Crippen LogP contribution in [0.3, 0.4) is 0 Å². The molecule has 0 spiro atoms. The van der Waals surface area contributed by atoms with E-state index in [1.807, 2.05) is 23.1 Å². The van der Waals surface area contributed by atoms with Gasteiger partial charge in [-0.25, -0.2) is 14.4 Å². The molecule has 5 rings (SSSR count). The van der Waals surface area contributed by atoms with E-state index in [-0.39, 0.29) is 23.6 Å². The zero-order valence-corrected chi connectivity index (χ0v) is 21.3. The third-order valence-electron chi connectivity index (χ3n) is 6.76. The van der Waals surface area contributed by atoms with E-state index in [0.29, 0.717) is 18.7 Å². The molecule has 4 aromatic rings. The maximum atomic E-state index is 14.1. The number of aromatic amines is 1. The zero-order chi connectivity index (χ0) is 26.6. The highest BCUT2D eigenvalue weighted by molar-refractivity contribution is 5.94. The molecule has 0 aliphatic carbocycles. The van der Waals surface area contributed by atoms with Crippen molar-refractivity contribution in [3.05, 3.63) is 60.6 Å². The molecule has 10 nitrogen and oxygen atoms in total. The number of amides is 1. The van der Waals surface area contributed by atoms with Crippen LogP contribution in [0, 0.1) is 17.1 Å². The second-order valence-electron chi connectivity index (χ2n) is 9.68. The van der Waals surface area contributed by atoms with E-state index in [1.54, 1.807) is 26.4 Å². The standard InChI is InChI=1S/C27H29FN8O2/c1-34(2)27(37)18-11-20(28)13-23(12-18)38-22-5-9-35(10-6-22)16-21(3-7-29)36-15-19(14-33-36)25-24-4-8-30-26(24)32-17-31-25/h4,8,11-15,17,21-22H,3,5-6,9-10,16H2,1-2H3,(H,30,31,32). The molecule has 196 valence electrons. The Hall–Kier alpha value is -4.30. The van der Waals surface area contributed by atoms with Crippen LogP contribution in [0.25, 0.3) is 22.3 Å². The normalized spacial score (nSPS) is 15.3. The number of ether oxygens (including phenoxy) is 1. The van der Waals surface area contributed by atoms with Crippen molar-refractivity contribution in [2.24, 2.45) is 0 Å². The third-order valence-corrected chi connectivity index (χ3v) is 6.76. The van der Waals surface area contributed by atoms with Crippen molar-refractivity contribution in [1.29, 1.82) is 5.26 Å². The van der Waals surface area contributed by atoms with Crippen molar-refractivity contribution in [1.82, 2.24) is 34.5 Å². The first-order chi connectivity index (χ1) is 18.4. The van der Waals surface area contributed by atoms with Gasteiger partial charge in [0.25, 0.3) is 5.91 Å². The molecule has 1 aliphatic rings. The maximum absolute atomic E-state index is 14.1. The number of H-pyrrole nitrogens is 1. The number of nitriles is 1. The van der Waals surface area contributed by atoms with Crippen LogP contribution in [-0.2, 0) is 0 Å². The number of fused-ring (bicyclic) bond motifs is 1. The van der Waals surface area contributed by atoms with Crippen LogP contribution in [0.4, 0.5) is 4.39 Å². The van der Waals surface area contributed by atoms with Crippen molar-refractivity contribution >= 4 is 16.9 Å². The van der Waals surface area contributed by atoms with E-state index in [4.69, 9.17) is 4.74 Å². The number of likely N-dealkylation sites (tertiary alicyclic amines) is 1. The van der Waals surface area contributed by atoms with Crippen LogP contribution in [0.2, 0.25) is 0 Å². The summed E-state index contributed by atoms with van der Waals surface area (Å²) in [4.78, 5) is 27.7. The Morgan fingerprint density at radius 1 is 1.29 bits per heavy atom. The average molecular weight is 517 g/mol. The predicted molar refractivity (Wildman–Crippen MR) is 139 cm³/mol. The monoisotopic (exact) mass is 516 g/mol. The van der Waals surface area contributed by atoms with Gasteiger partial charge in [-0.1, -0.05) is 0 Å². The molecular formula is C27H29FN8O2. The molecule has 1 saturated heterocycles. The highest BCUT2D eigenvalue weighted by atomic mass is 19.1. The second-order valence-corrected chi connectivity index (χ2v) is 9.68. The highest BCUT2D eigenvalue weighted by Gasteiger charge is 2.25. The molecule has 1 aliphatic heterocycles. The first-order valence-electron chi connectivity index (χ1n) is 12.5. The molecule has 0 radical (unpaired) electrons. The molecule has 3 aromatic heterocycles. The van der Waals surface area contributed by atoms with Crippen LogP contribution in [0.5, 0.6) is 5.75 Å².